The van der Waals surface area contributed by atoms with Crippen molar-refractivity contribution in [1.82, 2.24) is 10.2 Å². The van der Waals surface area contributed by atoms with Crippen LogP contribution in [0.5, 0.6) is 0 Å². The minimum Gasteiger partial charge on any atom is -0.392 e. The number of hydrogen-bond donors (Lipinski definition) is 3. The molecule has 194 valence electrons. The van der Waals surface area contributed by atoms with Crippen molar-refractivity contribution in [3.05, 3.63) is 54.1 Å². The largest absolute Gasteiger partial charge is 0.392 e. The highest BCUT2D eigenvalue weighted by Crippen LogP contribution is 2.21. The second kappa shape index (κ2) is 22.5. The summed E-state index contributed by atoms with van der Waals surface area (Å²) in [6, 6.07) is 6.84. The summed E-state index contributed by atoms with van der Waals surface area (Å²) in [6.45, 7) is 17.7. The maximum Gasteiger partial charge on any atom is 0.143 e. The van der Waals surface area contributed by atoms with Crippen LogP contribution in [-0.2, 0) is 16.2 Å². The number of nitrogens with one attached hydrogen (secondary N) is 2. The van der Waals surface area contributed by atoms with Gasteiger partial charge in [-0.2, -0.15) is 0 Å². The first-order valence-electron chi connectivity index (χ1n) is 12.4. The van der Waals surface area contributed by atoms with Crippen LogP contribution in [0.15, 0.2) is 43.0 Å². The Morgan fingerprint density at radius 1 is 1.29 bits per heavy atom. The van der Waals surface area contributed by atoms with Gasteiger partial charge in [-0.25, -0.2) is 0 Å². The van der Waals surface area contributed by atoms with Crippen LogP contribution in [0.4, 0.5) is 5.69 Å². The van der Waals surface area contributed by atoms with E-state index in [0.717, 1.165) is 55.5 Å². The number of nitrogens with zero attached hydrogens (tertiary/aromatic N) is 1. The molecule has 34 heavy (non-hydrogen) atoms. The summed E-state index contributed by atoms with van der Waals surface area (Å²) in [4.78, 5) is 23.0. The summed E-state index contributed by atoms with van der Waals surface area (Å²) >= 11 is 0. The van der Waals surface area contributed by atoms with Crippen molar-refractivity contribution in [2.24, 2.45) is 0 Å². The molecule has 1 atom stereocenters. The Kier molecular flexibility index (Phi) is 22.4. The maximum absolute atomic E-state index is 11.1. The van der Waals surface area contributed by atoms with Gasteiger partial charge < -0.3 is 15.7 Å². The van der Waals surface area contributed by atoms with Crippen LogP contribution in [0.2, 0.25) is 0 Å². The second-order valence-electron chi connectivity index (χ2n) is 8.01. The van der Waals surface area contributed by atoms with Gasteiger partial charge in [0.05, 0.1) is 13.2 Å². The standard InChI is InChI=1S/C16H24N2O2.C6H11NO.C4H8.C2H6/c1-12-3-4-16(14(9-12)11-19)17-15-5-7-18(8-6-15)10-13(2)20;1-6(7-2)4-3-5-8;1-3-4-2;1-2/h3-4,9,15,17,19H,5-8,10-11H2,1-2H3;3-7H,1-2H3;3H,1,4H2,2H3;1-2H3/b;4-3+;;. The zero-order valence-electron chi connectivity index (χ0n) is 22.6. The number of aliphatic hydroxyl groups is 1. The van der Waals surface area contributed by atoms with Gasteiger partial charge >= 0.3 is 0 Å². The number of ketones is 1. The Hall–Kier alpha value is -2.28. The van der Waals surface area contributed by atoms with Crippen LogP contribution in [0.25, 0.3) is 0 Å². The Morgan fingerprint density at radius 2 is 1.88 bits per heavy atom. The summed E-state index contributed by atoms with van der Waals surface area (Å²) in [5, 5.41) is 15.9. The van der Waals surface area contributed by atoms with Gasteiger partial charge in [0.25, 0.3) is 0 Å². The molecular formula is C28H49N3O3. The van der Waals surface area contributed by atoms with Crippen molar-refractivity contribution in [3.63, 3.8) is 0 Å². The molecule has 1 aromatic carbocycles. The van der Waals surface area contributed by atoms with E-state index in [1.165, 1.54) is 6.08 Å². The molecule has 1 saturated heterocycles. The Balaban J connectivity index is 0. The molecule has 0 aliphatic carbocycles. The molecular weight excluding hydrogens is 426 g/mol. The van der Waals surface area contributed by atoms with Crippen molar-refractivity contribution in [1.29, 1.82) is 0 Å². The van der Waals surface area contributed by atoms with Crippen molar-refractivity contribution in [2.75, 3.05) is 32.0 Å². The number of aryl methyl sites for hydroxylation is 1. The summed E-state index contributed by atoms with van der Waals surface area (Å²) in [6.07, 6.45) is 9.08. The van der Waals surface area contributed by atoms with Crippen LogP contribution in [-0.4, -0.2) is 60.8 Å². The van der Waals surface area contributed by atoms with E-state index >= 15 is 0 Å². The summed E-state index contributed by atoms with van der Waals surface area (Å²) in [5.74, 6) is 0.234. The number of benzene rings is 1. The lowest BCUT2D eigenvalue weighted by Crippen LogP contribution is -2.41. The van der Waals surface area contributed by atoms with Crippen molar-refractivity contribution in [2.45, 2.75) is 79.5 Å². The van der Waals surface area contributed by atoms with E-state index in [0.29, 0.717) is 18.6 Å². The number of anilines is 1. The van der Waals surface area contributed by atoms with Crippen LogP contribution < -0.4 is 10.6 Å². The summed E-state index contributed by atoms with van der Waals surface area (Å²) < 4.78 is 0. The van der Waals surface area contributed by atoms with Gasteiger partial charge in [-0.3, -0.25) is 14.5 Å². The number of aldehydes is 1. The summed E-state index contributed by atoms with van der Waals surface area (Å²) in [7, 11) is 1.85. The molecule has 0 aromatic heterocycles. The minimum absolute atomic E-state index is 0.0627. The van der Waals surface area contributed by atoms with Gasteiger partial charge in [-0.1, -0.05) is 50.6 Å². The highest BCUT2D eigenvalue weighted by molar-refractivity contribution is 5.77. The number of carbonyl (C=O) groups excluding carboxylic acids is 2. The fourth-order valence-corrected chi connectivity index (χ4v) is 3.07. The molecule has 1 aliphatic heterocycles. The molecule has 6 nitrogen and oxygen atoms in total. The van der Waals surface area contributed by atoms with E-state index in [4.69, 9.17) is 0 Å². The van der Waals surface area contributed by atoms with Crippen LogP contribution >= 0.6 is 0 Å². The molecule has 1 aliphatic rings. The van der Waals surface area contributed by atoms with Gasteiger partial charge in [-0.15, -0.1) is 6.58 Å². The van der Waals surface area contributed by atoms with E-state index in [1.54, 1.807) is 13.0 Å². The number of likely N-dealkylation sites (tertiary alicyclic amines) is 1. The van der Waals surface area contributed by atoms with Crippen molar-refractivity contribution < 1.29 is 14.7 Å². The molecule has 0 amide bonds. The first kappa shape index (κ1) is 33.9. The van der Waals surface area contributed by atoms with Crippen LogP contribution in [0.1, 0.15) is 65.0 Å². The highest BCUT2D eigenvalue weighted by Gasteiger charge is 2.20. The first-order chi connectivity index (χ1) is 16.3. The SMILES string of the molecule is C=CCC.CC.CC(=O)CN1CCC(Nc2ccc(C)cc2CO)CC1.CNC(C)/C=C/C=O. The zero-order valence-corrected chi connectivity index (χ0v) is 22.6. The molecule has 1 aromatic rings. The maximum atomic E-state index is 11.1. The number of hydrogen-bond acceptors (Lipinski definition) is 6. The molecule has 0 saturated carbocycles. The van der Waals surface area contributed by atoms with E-state index in [2.05, 4.69) is 35.1 Å². The molecule has 1 unspecified atom stereocenters. The lowest BCUT2D eigenvalue weighted by Gasteiger charge is -2.32. The third-order valence-electron chi connectivity index (χ3n) is 5.05. The molecule has 1 heterocycles. The third kappa shape index (κ3) is 17.2. The Morgan fingerprint density at radius 3 is 2.32 bits per heavy atom. The predicted molar refractivity (Wildman–Crippen MR) is 146 cm³/mol. The van der Waals surface area contributed by atoms with Crippen molar-refractivity contribution >= 4 is 17.8 Å². The van der Waals surface area contributed by atoms with Gasteiger partial charge in [0.15, 0.2) is 0 Å². The Bertz CT molecular complexity index is 696. The van der Waals surface area contributed by atoms with Crippen LogP contribution in [0.3, 0.4) is 0 Å². The minimum atomic E-state index is 0.0627. The lowest BCUT2D eigenvalue weighted by molar-refractivity contribution is -0.118. The lowest BCUT2D eigenvalue weighted by atomic mass is 10.0. The third-order valence-corrected chi connectivity index (χ3v) is 5.05. The molecule has 0 radical (unpaired) electrons. The highest BCUT2D eigenvalue weighted by atomic mass is 16.3. The average molecular weight is 476 g/mol. The van der Waals surface area contributed by atoms with E-state index in [9.17, 15) is 14.7 Å². The van der Waals surface area contributed by atoms with E-state index in [-0.39, 0.29) is 12.4 Å². The number of likely N-dealkylation sites (N-methyl/N-ethyl adjacent to an activating group) is 1. The zero-order chi connectivity index (χ0) is 26.4. The number of allylic oxidation sites excluding steroid dienone is 2. The summed E-state index contributed by atoms with van der Waals surface area (Å²) in [5.41, 5.74) is 3.15. The number of piperidine rings is 1. The molecule has 6 heteroatoms. The first-order valence-corrected chi connectivity index (χ1v) is 12.4. The van der Waals surface area contributed by atoms with Crippen LogP contribution in [0, 0.1) is 6.92 Å². The quantitative estimate of drug-likeness (QED) is 0.267. The van der Waals surface area contributed by atoms with Gasteiger partial charge in [0.1, 0.15) is 12.1 Å². The fourth-order valence-electron chi connectivity index (χ4n) is 3.07. The van der Waals surface area contributed by atoms with Crippen molar-refractivity contribution in [3.8, 4) is 0 Å². The molecule has 3 N–H and O–H groups in total. The second-order valence-corrected chi connectivity index (χ2v) is 8.01. The molecule has 1 fully saturated rings. The fraction of sp³-hybridized carbons (Fsp3) is 0.571. The van der Waals surface area contributed by atoms with E-state index in [1.807, 2.05) is 53.0 Å². The van der Waals surface area contributed by atoms with Gasteiger partial charge in [0, 0.05) is 36.4 Å². The normalized spacial score (nSPS) is 14.4. The number of Topliss-reactive ketones (excluding diaryl/α,β-unsaturated/α-hetero) is 1. The molecule has 2 rings (SSSR count). The Labute approximate surface area is 208 Å². The average Bonchev–Trinajstić information content (AvgIpc) is 2.86. The van der Waals surface area contributed by atoms with Gasteiger partial charge in [-0.05, 0) is 59.2 Å². The molecule has 0 spiro atoms. The topological polar surface area (TPSA) is 81.7 Å². The smallest absolute Gasteiger partial charge is 0.143 e. The number of aliphatic hydroxyl groups excluding tert-OH is 1. The molecule has 0 bridgehead atoms. The van der Waals surface area contributed by atoms with Gasteiger partial charge in [0.2, 0.25) is 0 Å². The monoisotopic (exact) mass is 475 g/mol. The number of rotatable bonds is 9. The van der Waals surface area contributed by atoms with E-state index < -0.39 is 0 Å². The predicted octanol–water partition coefficient (Wildman–Crippen LogP) is 4.91. The number of carbonyl (C=O) groups is 2.